The normalized spacial score (nSPS) is 10.4. The number of carbonyl (C=O) groups excluding carboxylic acids is 1. The average Bonchev–Trinajstić information content (AvgIpc) is 3.08. The minimum atomic E-state index is -0.519. The van der Waals surface area contributed by atoms with Crippen molar-refractivity contribution < 1.29 is 14.5 Å². The summed E-state index contributed by atoms with van der Waals surface area (Å²) in [4.78, 5) is 26.4. The first-order valence-electron chi connectivity index (χ1n) is 7.81. The van der Waals surface area contributed by atoms with Crippen LogP contribution in [0.4, 0.5) is 5.69 Å². The molecule has 126 valence electrons. The van der Waals surface area contributed by atoms with Crippen LogP contribution in [0.5, 0.6) is 0 Å². The standard InChI is InChI=1S/C19H16N2O4/c1-2-25-19(22)15-12-16(13-8-4-3-5-9-13)20-18(15)14-10-6-7-11-17(14)21(23)24/h3-12,20H,2H2,1H3. The van der Waals surface area contributed by atoms with Gasteiger partial charge in [0, 0.05) is 11.8 Å². The highest BCUT2D eigenvalue weighted by Crippen LogP contribution is 2.34. The van der Waals surface area contributed by atoms with E-state index in [-0.39, 0.29) is 17.9 Å². The molecule has 0 unspecified atom stereocenters. The lowest BCUT2D eigenvalue weighted by atomic mass is 10.1. The number of aromatic amines is 1. The summed E-state index contributed by atoms with van der Waals surface area (Å²) in [7, 11) is 0. The van der Waals surface area contributed by atoms with Gasteiger partial charge in [-0.2, -0.15) is 0 Å². The molecule has 0 amide bonds. The SMILES string of the molecule is CCOC(=O)c1cc(-c2ccccc2)[nH]c1-c1ccccc1[N+](=O)[O-]. The van der Waals surface area contributed by atoms with Crippen LogP contribution in [-0.2, 0) is 4.74 Å². The molecule has 3 rings (SSSR count). The van der Waals surface area contributed by atoms with Gasteiger partial charge in [0.15, 0.2) is 0 Å². The van der Waals surface area contributed by atoms with Gasteiger partial charge in [0.05, 0.1) is 28.4 Å². The van der Waals surface area contributed by atoms with Crippen molar-refractivity contribution in [2.75, 3.05) is 6.61 Å². The monoisotopic (exact) mass is 336 g/mol. The van der Waals surface area contributed by atoms with E-state index in [1.165, 1.54) is 6.07 Å². The van der Waals surface area contributed by atoms with Gasteiger partial charge in [0.25, 0.3) is 5.69 Å². The summed E-state index contributed by atoms with van der Waals surface area (Å²) in [5, 5.41) is 11.4. The molecule has 0 aliphatic heterocycles. The molecule has 0 spiro atoms. The maximum atomic E-state index is 12.4. The molecule has 1 heterocycles. The number of ether oxygens (including phenoxy) is 1. The van der Waals surface area contributed by atoms with E-state index in [9.17, 15) is 14.9 Å². The van der Waals surface area contributed by atoms with Gasteiger partial charge in [-0.05, 0) is 24.6 Å². The number of hydrogen-bond acceptors (Lipinski definition) is 4. The summed E-state index contributed by atoms with van der Waals surface area (Å²) in [5.41, 5.74) is 2.49. The fourth-order valence-electron chi connectivity index (χ4n) is 2.65. The molecule has 0 saturated carbocycles. The Morgan fingerprint density at radius 2 is 1.80 bits per heavy atom. The molecule has 0 radical (unpaired) electrons. The van der Waals surface area contributed by atoms with Crippen LogP contribution in [0.15, 0.2) is 60.7 Å². The summed E-state index contributed by atoms with van der Waals surface area (Å²) in [6.45, 7) is 1.94. The van der Waals surface area contributed by atoms with Crippen LogP contribution in [0.3, 0.4) is 0 Å². The van der Waals surface area contributed by atoms with E-state index in [1.54, 1.807) is 31.2 Å². The molecule has 6 heteroatoms. The number of para-hydroxylation sites is 1. The molecule has 1 N–H and O–H groups in total. The van der Waals surface area contributed by atoms with Crippen LogP contribution in [0.25, 0.3) is 22.5 Å². The first-order valence-corrected chi connectivity index (χ1v) is 7.81. The summed E-state index contributed by atoms with van der Waals surface area (Å²) in [5.74, 6) is -0.519. The van der Waals surface area contributed by atoms with Gasteiger partial charge in [-0.1, -0.05) is 42.5 Å². The Bertz CT molecular complexity index is 916. The van der Waals surface area contributed by atoms with Crippen molar-refractivity contribution in [3.8, 4) is 22.5 Å². The van der Waals surface area contributed by atoms with Crippen LogP contribution >= 0.6 is 0 Å². The lowest BCUT2D eigenvalue weighted by molar-refractivity contribution is -0.384. The van der Waals surface area contributed by atoms with Crippen LogP contribution in [-0.4, -0.2) is 22.5 Å². The number of hydrogen-bond donors (Lipinski definition) is 1. The second kappa shape index (κ2) is 7.00. The fourth-order valence-corrected chi connectivity index (χ4v) is 2.65. The average molecular weight is 336 g/mol. The summed E-state index contributed by atoms with van der Waals surface area (Å²) in [6, 6.07) is 17.4. The molecule has 0 atom stereocenters. The van der Waals surface area contributed by atoms with Gasteiger partial charge in [0.2, 0.25) is 0 Å². The second-order valence-corrected chi connectivity index (χ2v) is 5.33. The van der Waals surface area contributed by atoms with E-state index < -0.39 is 10.9 Å². The second-order valence-electron chi connectivity index (χ2n) is 5.33. The quantitative estimate of drug-likeness (QED) is 0.424. The third-order valence-electron chi connectivity index (χ3n) is 3.77. The van der Waals surface area contributed by atoms with E-state index in [0.717, 1.165) is 5.56 Å². The number of aromatic nitrogens is 1. The number of carbonyl (C=O) groups is 1. The maximum Gasteiger partial charge on any atom is 0.340 e. The minimum Gasteiger partial charge on any atom is -0.462 e. The Kier molecular flexibility index (Phi) is 4.61. The van der Waals surface area contributed by atoms with Crippen LogP contribution in [0, 0.1) is 10.1 Å². The fraction of sp³-hybridized carbons (Fsp3) is 0.105. The molecule has 0 aliphatic rings. The number of rotatable bonds is 5. The van der Waals surface area contributed by atoms with Crippen LogP contribution in [0.2, 0.25) is 0 Å². The van der Waals surface area contributed by atoms with Crippen LogP contribution < -0.4 is 0 Å². The van der Waals surface area contributed by atoms with Gasteiger partial charge in [-0.3, -0.25) is 10.1 Å². The Balaban J connectivity index is 2.20. The van der Waals surface area contributed by atoms with E-state index in [2.05, 4.69) is 4.98 Å². The number of nitrogens with zero attached hydrogens (tertiary/aromatic N) is 1. The van der Waals surface area contributed by atoms with Gasteiger partial charge < -0.3 is 9.72 Å². The summed E-state index contributed by atoms with van der Waals surface area (Å²) < 4.78 is 5.11. The number of H-pyrrole nitrogens is 1. The van der Waals surface area contributed by atoms with E-state index in [0.29, 0.717) is 17.0 Å². The Labute approximate surface area is 144 Å². The third kappa shape index (κ3) is 3.28. The first-order chi connectivity index (χ1) is 12.1. The zero-order valence-electron chi connectivity index (χ0n) is 13.6. The molecule has 0 saturated heterocycles. The number of nitro groups is 1. The molecule has 25 heavy (non-hydrogen) atoms. The molecule has 1 aromatic heterocycles. The predicted molar refractivity (Wildman–Crippen MR) is 94.3 cm³/mol. The Morgan fingerprint density at radius 1 is 1.12 bits per heavy atom. The lowest BCUT2D eigenvalue weighted by Gasteiger charge is -2.05. The minimum absolute atomic E-state index is 0.0745. The van der Waals surface area contributed by atoms with Crippen molar-refractivity contribution in [1.29, 1.82) is 0 Å². The smallest absolute Gasteiger partial charge is 0.340 e. The van der Waals surface area contributed by atoms with Crippen molar-refractivity contribution >= 4 is 11.7 Å². The van der Waals surface area contributed by atoms with E-state index in [1.807, 2.05) is 30.3 Å². The molecule has 0 aliphatic carbocycles. The van der Waals surface area contributed by atoms with Crippen molar-refractivity contribution in [3.63, 3.8) is 0 Å². The summed E-state index contributed by atoms with van der Waals surface area (Å²) >= 11 is 0. The van der Waals surface area contributed by atoms with Crippen LogP contribution in [0.1, 0.15) is 17.3 Å². The molecular formula is C19H16N2O4. The van der Waals surface area contributed by atoms with Gasteiger partial charge in [0.1, 0.15) is 0 Å². The lowest BCUT2D eigenvalue weighted by Crippen LogP contribution is -2.05. The zero-order chi connectivity index (χ0) is 17.8. The highest BCUT2D eigenvalue weighted by molar-refractivity contribution is 5.99. The highest BCUT2D eigenvalue weighted by atomic mass is 16.6. The number of benzene rings is 2. The molecule has 3 aromatic rings. The first kappa shape index (κ1) is 16.4. The predicted octanol–water partition coefficient (Wildman–Crippen LogP) is 4.43. The highest BCUT2D eigenvalue weighted by Gasteiger charge is 2.24. The largest absolute Gasteiger partial charge is 0.462 e. The van der Waals surface area contributed by atoms with E-state index >= 15 is 0 Å². The van der Waals surface area contributed by atoms with Gasteiger partial charge in [-0.25, -0.2) is 4.79 Å². The zero-order valence-corrected chi connectivity index (χ0v) is 13.6. The molecular weight excluding hydrogens is 320 g/mol. The van der Waals surface area contributed by atoms with Crippen molar-refractivity contribution in [1.82, 2.24) is 4.98 Å². The topological polar surface area (TPSA) is 85.2 Å². The molecule has 0 bridgehead atoms. The number of nitro benzene ring substituents is 1. The Hall–Kier alpha value is -3.41. The number of esters is 1. The van der Waals surface area contributed by atoms with E-state index in [4.69, 9.17) is 4.74 Å². The van der Waals surface area contributed by atoms with Crippen molar-refractivity contribution in [2.24, 2.45) is 0 Å². The summed E-state index contributed by atoms with van der Waals surface area (Å²) in [6.07, 6.45) is 0. The molecule has 0 fully saturated rings. The maximum absolute atomic E-state index is 12.4. The number of nitrogens with one attached hydrogen (secondary N) is 1. The third-order valence-corrected chi connectivity index (χ3v) is 3.77. The van der Waals surface area contributed by atoms with Crippen molar-refractivity contribution in [3.05, 3.63) is 76.3 Å². The Morgan fingerprint density at radius 3 is 2.48 bits per heavy atom. The van der Waals surface area contributed by atoms with Gasteiger partial charge in [-0.15, -0.1) is 0 Å². The molecule has 2 aromatic carbocycles. The van der Waals surface area contributed by atoms with Gasteiger partial charge >= 0.3 is 5.97 Å². The molecule has 6 nitrogen and oxygen atoms in total. The van der Waals surface area contributed by atoms with Crippen molar-refractivity contribution in [2.45, 2.75) is 6.92 Å².